The summed E-state index contributed by atoms with van der Waals surface area (Å²) in [6.45, 7) is 2.38. The fourth-order valence-electron chi connectivity index (χ4n) is 0.901. The topological polar surface area (TPSA) is 26.3 Å². The Balaban J connectivity index is 2.76. The normalized spacial score (nSPS) is 9.93. The van der Waals surface area contributed by atoms with Crippen LogP contribution in [0.15, 0.2) is 22.7 Å². The summed E-state index contributed by atoms with van der Waals surface area (Å²) in [5.41, 5.74) is 0.478. The van der Waals surface area contributed by atoms with Gasteiger partial charge < -0.3 is 4.74 Å². The molecule has 0 spiro atoms. The van der Waals surface area contributed by atoms with Gasteiger partial charge in [-0.1, -0.05) is 18.5 Å². The molecule has 0 heterocycles. The van der Waals surface area contributed by atoms with Crippen molar-refractivity contribution < 1.29 is 9.53 Å². The average Bonchev–Trinajstić information content (AvgIpc) is 2.18. The first-order chi connectivity index (χ1) is 6.65. The third kappa shape index (κ3) is 3.00. The van der Waals surface area contributed by atoms with Crippen LogP contribution in [-0.4, -0.2) is 12.6 Å². The van der Waals surface area contributed by atoms with Gasteiger partial charge in [-0.3, -0.25) is 0 Å². The molecule has 0 amide bonds. The van der Waals surface area contributed by atoms with E-state index in [1.165, 1.54) is 0 Å². The summed E-state index contributed by atoms with van der Waals surface area (Å²) >= 11 is 9.08. The zero-order chi connectivity index (χ0) is 10.6. The van der Waals surface area contributed by atoms with E-state index in [4.69, 9.17) is 16.3 Å². The van der Waals surface area contributed by atoms with Crippen molar-refractivity contribution in [2.45, 2.75) is 13.3 Å². The molecule has 2 nitrogen and oxygen atoms in total. The summed E-state index contributed by atoms with van der Waals surface area (Å²) in [6.07, 6.45) is 0.815. The zero-order valence-corrected chi connectivity index (χ0v) is 10.1. The van der Waals surface area contributed by atoms with Gasteiger partial charge in [0, 0.05) is 4.47 Å². The third-order valence-corrected chi connectivity index (χ3v) is 2.83. The fraction of sp³-hybridized carbons (Fsp3) is 0.300. The number of benzene rings is 1. The quantitative estimate of drug-likeness (QED) is 0.788. The smallest absolute Gasteiger partial charge is 0.338 e. The van der Waals surface area contributed by atoms with Gasteiger partial charge in [-0.25, -0.2) is 4.79 Å². The van der Waals surface area contributed by atoms with Crippen LogP contribution in [0, 0.1) is 0 Å². The van der Waals surface area contributed by atoms with Gasteiger partial charge in [0.1, 0.15) is 0 Å². The molecule has 0 saturated carbocycles. The van der Waals surface area contributed by atoms with Gasteiger partial charge in [0.2, 0.25) is 0 Å². The van der Waals surface area contributed by atoms with Crippen molar-refractivity contribution in [2.75, 3.05) is 6.61 Å². The zero-order valence-electron chi connectivity index (χ0n) is 7.72. The molecule has 0 saturated heterocycles. The maximum Gasteiger partial charge on any atom is 0.338 e. The Kier molecular flexibility index (Phi) is 4.42. The first-order valence-corrected chi connectivity index (χ1v) is 5.44. The number of ether oxygens (including phenoxy) is 1. The van der Waals surface area contributed by atoms with E-state index >= 15 is 0 Å². The number of hydrogen-bond acceptors (Lipinski definition) is 2. The van der Waals surface area contributed by atoms with Gasteiger partial charge in [-0.2, -0.15) is 0 Å². The van der Waals surface area contributed by atoms with E-state index in [9.17, 15) is 4.79 Å². The van der Waals surface area contributed by atoms with Crippen LogP contribution in [0.25, 0.3) is 0 Å². The number of carbonyl (C=O) groups is 1. The summed E-state index contributed by atoms with van der Waals surface area (Å²) in [5, 5.41) is 0.510. The molecule has 0 bridgehead atoms. The van der Waals surface area contributed by atoms with Crippen LogP contribution in [0.4, 0.5) is 0 Å². The van der Waals surface area contributed by atoms with E-state index in [0.29, 0.717) is 17.2 Å². The van der Waals surface area contributed by atoms with Gasteiger partial charge in [0.05, 0.1) is 17.2 Å². The van der Waals surface area contributed by atoms with Crippen LogP contribution in [0.3, 0.4) is 0 Å². The number of carbonyl (C=O) groups excluding carboxylic acids is 1. The lowest BCUT2D eigenvalue weighted by atomic mass is 10.2. The highest BCUT2D eigenvalue weighted by Crippen LogP contribution is 2.23. The minimum absolute atomic E-state index is 0.332. The molecular weight excluding hydrogens is 267 g/mol. The molecule has 4 heteroatoms. The second kappa shape index (κ2) is 5.37. The van der Waals surface area contributed by atoms with E-state index in [-0.39, 0.29) is 5.97 Å². The summed E-state index contributed by atoms with van der Waals surface area (Å²) < 4.78 is 5.73. The van der Waals surface area contributed by atoms with Crippen molar-refractivity contribution in [1.29, 1.82) is 0 Å². The molecule has 1 aromatic rings. The summed E-state index contributed by atoms with van der Waals surface area (Å²) in [5.74, 6) is -0.332. The first kappa shape index (κ1) is 11.5. The van der Waals surface area contributed by atoms with E-state index in [0.717, 1.165) is 10.9 Å². The summed E-state index contributed by atoms with van der Waals surface area (Å²) in [4.78, 5) is 11.4. The van der Waals surface area contributed by atoms with Crippen LogP contribution in [0.5, 0.6) is 0 Å². The first-order valence-electron chi connectivity index (χ1n) is 4.27. The number of hydrogen-bond donors (Lipinski definition) is 0. The van der Waals surface area contributed by atoms with Gasteiger partial charge in [0.15, 0.2) is 0 Å². The Hall–Kier alpha value is -0.540. The van der Waals surface area contributed by atoms with Crippen molar-refractivity contribution in [3.8, 4) is 0 Å². The van der Waals surface area contributed by atoms with E-state index in [1.807, 2.05) is 6.92 Å². The van der Waals surface area contributed by atoms with Crippen LogP contribution < -0.4 is 0 Å². The standard InChI is InChI=1S/C10H10BrClO2/c1-2-5-14-10(13)7-3-4-8(11)9(12)6-7/h3-4,6H,2,5H2,1H3. The molecule has 0 fully saturated rings. The monoisotopic (exact) mass is 276 g/mol. The summed E-state index contributed by atoms with van der Waals surface area (Å²) in [6, 6.07) is 4.99. The van der Waals surface area contributed by atoms with Gasteiger partial charge in [-0.15, -0.1) is 0 Å². The van der Waals surface area contributed by atoms with E-state index in [1.54, 1.807) is 18.2 Å². The van der Waals surface area contributed by atoms with Crippen LogP contribution in [0.2, 0.25) is 5.02 Å². The Labute approximate surface area is 96.3 Å². The van der Waals surface area contributed by atoms with Crippen molar-refractivity contribution in [1.82, 2.24) is 0 Å². The molecule has 0 aromatic heterocycles. The van der Waals surface area contributed by atoms with Crippen molar-refractivity contribution in [3.63, 3.8) is 0 Å². The number of esters is 1. The highest BCUT2D eigenvalue weighted by atomic mass is 79.9. The van der Waals surface area contributed by atoms with Gasteiger partial charge >= 0.3 is 5.97 Å². The largest absolute Gasteiger partial charge is 0.462 e. The minimum atomic E-state index is -0.332. The fourth-order valence-corrected chi connectivity index (χ4v) is 1.33. The highest BCUT2D eigenvalue weighted by molar-refractivity contribution is 9.10. The Morgan fingerprint density at radius 2 is 2.29 bits per heavy atom. The average molecular weight is 278 g/mol. The minimum Gasteiger partial charge on any atom is -0.462 e. The second-order valence-electron chi connectivity index (χ2n) is 2.76. The molecule has 0 atom stereocenters. The van der Waals surface area contributed by atoms with E-state index in [2.05, 4.69) is 15.9 Å². The second-order valence-corrected chi connectivity index (χ2v) is 4.03. The maximum atomic E-state index is 11.4. The lowest BCUT2D eigenvalue weighted by Crippen LogP contribution is -2.05. The molecule has 1 aromatic carbocycles. The molecule has 0 N–H and O–H groups in total. The van der Waals surface area contributed by atoms with Crippen LogP contribution >= 0.6 is 27.5 Å². The SMILES string of the molecule is CCCOC(=O)c1ccc(Br)c(Cl)c1. The maximum absolute atomic E-state index is 11.4. The van der Waals surface area contributed by atoms with Crippen molar-refractivity contribution in [2.24, 2.45) is 0 Å². The number of rotatable bonds is 3. The molecule has 0 aliphatic carbocycles. The molecule has 1 rings (SSSR count). The molecule has 0 radical (unpaired) electrons. The molecule has 14 heavy (non-hydrogen) atoms. The molecule has 76 valence electrons. The van der Waals surface area contributed by atoms with Crippen molar-refractivity contribution >= 4 is 33.5 Å². The van der Waals surface area contributed by atoms with Crippen LogP contribution in [0.1, 0.15) is 23.7 Å². The lowest BCUT2D eigenvalue weighted by Gasteiger charge is -2.03. The van der Waals surface area contributed by atoms with E-state index < -0.39 is 0 Å². The molecule has 0 aliphatic heterocycles. The Morgan fingerprint density at radius 3 is 2.86 bits per heavy atom. The highest BCUT2D eigenvalue weighted by Gasteiger charge is 2.08. The predicted octanol–water partition coefficient (Wildman–Crippen LogP) is 3.67. The van der Waals surface area contributed by atoms with Gasteiger partial charge in [-0.05, 0) is 40.5 Å². The Morgan fingerprint density at radius 1 is 1.57 bits per heavy atom. The third-order valence-electron chi connectivity index (χ3n) is 1.59. The van der Waals surface area contributed by atoms with Gasteiger partial charge in [0.25, 0.3) is 0 Å². The molecule has 0 unspecified atom stereocenters. The van der Waals surface area contributed by atoms with Crippen LogP contribution in [-0.2, 0) is 4.74 Å². The Bertz CT molecular complexity index is 339. The lowest BCUT2D eigenvalue weighted by molar-refractivity contribution is 0.0505. The predicted molar refractivity (Wildman–Crippen MR) is 59.7 cm³/mol. The molecular formula is C10H10BrClO2. The summed E-state index contributed by atoms with van der Waals surface area (Å²) in [7, 11) is 0. The van der Waals surface area contributed by atoms with Crippen molar-refractivity contribution in [3.05, 3.63) is 33.3 Å². The number of halogens is 2. The molecule has 0 aliphatic rings.